The van der Waals surface area contributed by atoms with E-state index in [0.29, 0.717) is 0 Å². The van der Waals surface area contributed by atoms with Crippen LogP contribution in [0.5, 0.6) is 0 Å². The van der Waals surface area contributed by atoms with Crippen LogP contribution in [0.2, 0.25) is 0 Å². The Labute approximate surface area is 105 Å². The van der Waals surface area contributed by atoms with E-state index in [1.54, 1.807) is 13.0 Å². The summed E-state index contributed by atoms with van der Waals surface area (Å²) in [5, 5.41) is 5.03. The van der Waals surface area contributed by atoms with Gasteiger partial charge in [0.15, 0.2) is 0 Å². The summed E-state index contributed by atoms with van der Waals surface area (Å²) >= 11 is 0. The minimum absolute atomic E-state index is 0.0176. The van der Waals surface area contributed by atoms with Gasteiger partial charge in [0.05, 0.1) is 11.6 Å². The first kappa shape index (κ1) is 14.1. The maximum atomic E-state index is 13.2. The molecule has 6 heteroatoms. The summed E-state index contributed by atoms with van der Waals surface area (Å²) in [6, 6.07) is 5.11. The molecule has 0 radical (unpaired) electrons. The molecule has 0 aliphatic rings. The number of carbonyl (C=O) groups excluding carboxylic acids is 2. The third-order valence-electron chi connectivity index (χ3n) is 2.24. The van der Waals surface area contributed by atoms with Gasteiger partial charge >= 0.3 is 0 Å². The van der Waals surface area contributed by atoms with Crippen molar-refractivity contribution in [3.05, 3.63) is 35.6 Å². The van der Waals surface area contributed by atoms with E-state index in [2.05, 4.69) is 10.6 Å². The van der Waals surface area contributed by atoms with Crippen LogP contribution in [0, 0.1) is 5.82 Å². The Balaban J connectivity index is 2.35. The lowest BCUT2D eigenvalue weighted by Crippen LogP contribution is -2.42. The molecule has 0 aliphatic carbocycles. The largest absolute Gasteiger partial charge is 0.353 e. The van der Waals surface area contributed by atoms with Crippen LogP contribution < -0.4 is 16.4 Å². The Bertz CT molecular complexity index is 435. The lowest BCUT2D eigenvalue weighted by Gasteiger charge is -2.09. The lowest BCUT2D eigenvalue weighted by molar-refractivity contribution is -0.121. The maximum absolute atomic E-state index is 13.2. The zero-order chi connectivity index (χ0) is 13.5. The monoisotopic (exact) mass is 253 g/mol. The second kappa shape index (κ2) is 6.70. The molecule has 1 aromatic rings. The highest BCUT2D eigenvalue weighted by atomic mass is 19.1. The number of hydrogen-bond donors (Lipinski definition) is 3. The van der Waals surface area contributed by atoms with Gasteiger partial charge in [0.25, 0.3) is 5.91 Å². The summed E-state index contributed by atoms with van der Waals surface area (Å²) in [5.41, 5.74) is 5.32. The van der Waals surface area contributed by atoms with Crippen LogP contribution in [-0.4, -0.2) is 30.9 Å². The molecule has 18 heavy (non-hydrogen) atoms. The molecule has 0 saturated heterocycles. The molecule has 1 atom stereocenters. The van der Waals surface area contributed by atoms with Crippen LogP contribution in [0.4, 0.5) is 4.39 Å². The molecule has 4 N–H and O–H groups in total. The van der Waals surface area contributed by atoms with Crippen LogP contribution in [0.1, 0.15) is 17.3 Å². The molecule has 1 rings (SSSR count). The average Bonchev–Trinajstić information content (AvgIpc) is 2.34. The number of carbonyl (C=O) groups is 2. The van der Waals surface area contributed by atoms with Crippen LogP contribution in [-0.2, 0) is 4.79 Å². The zero-order valence-electron chi connectivity index (χ0n) is 10.1. The first-order chi connectivity index (χ1) is 8.52. The molecule has 0 bridgehead atoms. The summed E-state index contributed by atoms with van der Waals surface area (Å²) in [5.74, 6) is -1.38. The van der Waals surface area contributed by atoms with Gasteiger partial charge in [-0.25, -0.2) is 4.39 Å². The summed E-state index contributed by atoms with van der Waals surface area (Å²) < 4.78 is 13.2. The molecule has 98 valence electrons. The van der Waals surface area contributed by atoms with Crippen molar-refractivity contribution in [2.24, 2.45) is 5.73 Å². The fourth-order valence-electron chi connectivity index (χ4n) is 1.26. The highest BCUT2D eigenvalue weighted by Gasteiger charge is 2.10. The molecule has 1 aromatic carbocycles. The van der Waals surface area contributed by atoms with Crippen LogP contribution in [0.15, 0.2) is 24.3 Å². The van der Waals surface area contributed by atoms with Gasteiger partial charge in [0, 0.05) is 13.1 Å². The fraction of sp³-hybridized carbons (Fsp3) is 0.333. The number of halogens is 1. The average molecular weight is 253 g/mol. The summed E-state index contributed by atoms with van der Waals surface area (Å²) in [6.45, 7) is 2.03. The highest BCUT2D eigenvalue weighted by Crippen LogP contribution is 2.05. The van der Waals surface area contributed by atoms with Crippen molar-refractivity contribution in [2.75, 3.05) is 13.1 Å². The molecule has 0 aliphatic heterocycles. The lowest BCUT2D eigenvalue weighted by atomic mass is 10.2. The SMILES string of the molecule is CC(N)C(=O)NCCNC(=O)c1ccccc1F. The van der Waals surface area contributed by atoms with E-state index in [1.165, 1.54) is 18.2 Å². The number of hydrogen-bond acceptors (Lipinski definition) is 3. The topological polar surface area (TPSA) is 84.2 Å². The quantitative estimate of drug-likeness (QED) is 0.647. The Morgan fingerprint density at radius 1 is 1.28 bits per heavy atom. The second-order valence-corrected chi connectivity index (χ2v) is 3.82. The van der Waals surface area contributed by atoms with E-state index in [9.17, 15) is 14.0 Å². The predicted octanol–water partition coefficient (Wildman–Crippen LogP) is 0.0189. The third kappa shape index (κ3) is 4.14. The van der Waals surface area contributed by atoms with Crippen molar-refractivity contribution in [3.8, 4) is 0 Å². The van der Waals surface area contributed by atoms with Gasteiger partial charge in [0.2, 0.25) is 5.91 Å². The van der Waals surface area contributed by atoms with Gasteiger partial charge in [-0.3, -0.25) is 9.59 Å². The number of nitrogens with one attached hydrogen (secondary N) is 2. The van der Waals surface area contributed by atoms with E-state index in [4.69, 9.17) is 5.73 Å². The number of amides is 2. The molecule has 1 unspecified atom stereocenters. The summed E-state index contributed by atoms with van der Waals surface area (Å²) in [4.78, 5) is 22.7. The Morgan fingerprint density at radius 2 is 1.89 bits per heavy atom. The van der Waals surface area contributed by atoms with Gasteiger partial charge in [-0.05, 0) is 19.1 Å². The van der Waals surface area contributed by atoms with Crippen molar-refractivity contribution in [2.45, 2.75) is 13.0 Å². The Morgan fingerprint density at radius 3 is 2.50 bits per heavy atom. The zero-order valence-corrected chi connectivity index (χ0v) is 10.1. The van der Waals surface area contributed by atoms with Crippen LogP contribution in [0.25, 0.3) is 0 Å². The standard InChI is InChI=1S/C12H16FN3O2/c1-8(14)11(17)15-6-7-16-12(18)9-4-2-3-5-10(9)13/h2-5,8H,6-7,14H2,1H3,(H,15,17)(H,16,18). The first-order valence-corrected chi connectivity index (χ1v) is 5.58. The van der Waals surface area contributed by atoms with Crippen LogP contribution >= 0.6 is 0 Å². The smallest absolute Gasteiger partial charge is 0.254 e. The van der Waals surface area contributed by atoms with Crippen molar-refractivity contribution >= 4 is 11.8 Å². The summed E-state index contributed by atoms with van der Waals surface area (Å²) in [7, 11) is 0. The minimum Gasteiger partial charge on any atom is -0.353 e. The van der Waals surface area contributed by atoms with Gasteiger partial charge in [-0.2, -0.15) is 0 Å². The van der Waals surface area contributed by atoms with E-state index in [1.807, 2.05) is 0 Å². The molecule has 0 heterocycles. The summed E-state index contributed by atoms with van der Waals surface area (Å²) in [6.07, 6.45) is 0. The van der Waals surface area contributed by atoms with E-state index in [0.717, 1.165) is 0 Å². The first-order valence-electron chi connectivity index (χ1n) is 5.58. The molecule has 0 spiro atoms. The minimum atomic E-state index is -0.590. The second-order valence-electron chi connectivity index (χ2n) is 3.82. The van der Waals surface area contributed by atoms with Gasteiger partial charge in [0.1, 0.15) is 5.82 Å². The van der Waals surface area contributed by atoms with Crippen molar-refractivity contribution in [1.29, 1.82) is 0 Å². The van der Waals surface area contributed by atoms with Crippen molar-refractivity contribution < 1.29 is 14.0 Å². The van der Waals surface area contributed by atoms with Gasteiger partial charge in [-0.1, -0.05) is 12.1 Å². The molecule has 0 saturated carbocycles. The molecule has 2 amide bonds. The van der Waals surface area contributed by atoms with Crippen molar-refractivity contribution in [3.63, 3.8) is 0 Å². The van der Waals surface area contributed by atoms with Crippen molar-refractivity contribution in [1.82, 2.24) is 10.6 Å². The third-order valence-corrected chi connectivity index (χ3v) is 2.24. The predicted molar refractivity (Wildman–Crippen MR) is 65.4 cm³/mol. The molecular formula is C12H16FN3O2. The Hall–Kier alpha value is -1.95. The molecule has 0 aromatic heterocycles. The molecular weight excluding hydrogens is 237 g/mol. The number of benzene rings is 1. The van der Waals surface area contributed by atoms with E-state index < -0.39 is 17.8 Å². The number of rotatable bonds is 5. The van der Waals surface area contributed by atoms with Gasteiger partial charge in [-0.15, -0.1) is 0 Å². The number of nitrogens with two attached hydrogens (primary N) is 1. The van der Waals surface area contributed by atoms with Crippen LogP contribution in [0.3, 0.4) is 0 Å². The van der Waals surface area contributed by atoms with E-state index in [-0.39, 0.29) is 24.6 Å². The van der Waals surface area contributed by atoms with Gasteiger partial charge < -0.3 is 16.4 Å². The normalized spacial score (nSPS) is 11.7. The van der Waals surface area contributed by atoms with E-state index >= 15 is 0 Å². The molecule has 0 fully saturated rings. The Kier molecular flexibility index (Phi) is 5.26. The fourth-order valence-corrected chi connectivity index (χ4v) is 1.26. The maximum Gasteiger partial charge on any atom is 0.254 e. The highest BCUT2D eigenvalue weighted by molar-refractivity contribution is 5.94. The molecule has 5 nitrogen and oxygen atoms in total.